The van der Waals surface area contributed by atoms with E-state index in [1.165, 1.54) is 4.68 Å². The summed E-state index contributed by atoms with van der Waals surface area (Å²) in [4.78, 5) is 34.0. The molecule has 0 bridgehead atoms. The van der Waals surface area contributed by atoms with Crippen LogP contribution in [0.3, 0.4) is 0 Å². The van der Waals surface area contributed by atoms with Crippen molar-refractivity contribution >= 4 is 22.9 Å². The Morgan fingerprint density at radius 3 is 2.61 bits per heavy atom. The van der Waals surface area contributed by atoms with Gasteiger partial charge in [-0.1, -0.05) is 13.8 Å². The van der Waals surface area contributed by atoms with Crippen LogP contribution in [-0.2, 0) is 17.8 Å². The van der Waals surface area contributed by atoms with Crippen LogP contribution in [0, 0.1) is 5.41 Å². The highest BCUT2D eigenvalue weighted by molar-refractivity contribution is 5.81. The topological polar surface area (TPSA) is 75.7 Å². The summed E-state index contributed by atoms with van der Waals surface area (Å²) in [6.45, 7) is 6.30. The number of rotatable bonds is 6. The van der Waals surface area contributed by atoms with Crippen LogP contribution in [0.4, 0.5) is 11.5 Å². The molecule has 164 valence electrons. The summed E-state index contributed by atoms with van der Waals surface area (Å²) in [5, 5.41) is 4.58. The first-order valence-electron chi connectivity index (χ1n) is 10.7. The van der Waals surface area contributed by atoms with E-state index < -0.39 is 0 Å². The van der Waals surface area contributed by atoms with E-state index in [0.717, 1.165) is 43.0 Å². The molecule has 0 aliphatic carbocycles. The normalized spacial score (nSPS) is 15.9. The van der Waals surface area contributed by atoms with E-state index >= 15 is 0 Å². The number of anilines is 2. The van der Waals surface area contributed by atoms with Crippen LogP contribution in [0.25, 0.3) is 5.65 Å². The predicted octanol–water partition coefficient (Wildman–Crippen LogP) is 2.40. The van der Waals surface area contributed by atoms with Crippen molar-refractivity contribution in [2.45, 2.75) is 39.7 Å². The number of pyridine rings is 1. The van der Waals surface area contributed by atoms with Gasteiger partial charge < -0.3 is 14.2 Å². The molecule has 0 amide bonds. The highest BCUT2D eigenvalue weighted by Crippen LogP contribution is 2.31. The molecular weight excluding hydrogens is 392 g/mol. The first kappa shape index (κ1) is 21.1. The number of piperidine rings is 1. The van der Waals surface area contributed by atoms with E-state index in [-0.39, 0.29) is 24.3 Å². The zero-order valence-corrected chi connectivity index (χ0v) is 18.7. The summed E-state index contributed by atoms with van der Waals surface area (Å²) >= 11 is 0. The lowest BCUT2D eigenvalue weighted by Gasteiger charge is -2.37. The molecule has 0 radical (unpaired) electrons. The average molecular weight is 423 g/mol. The Morgan fingerprint density at radius 2 is 1.90 bits per heavy atom. The predicted molar refractivity (Wildman–Crippen MR) is 122 cm³/mol. The zero-order valence-electron chi connectivity index (χ0n) is 18.7. The van der Waals surface area contributed by atoms with E-state index in [9.17, 15) is 9.59 Å². The maximum atomic E-state index is 13.0. The van der Waals surface area contributed by atoms with Crippen LogP contribution in [0.15, 0.2) is 41.6 Å². The van der Waals surface area contributed by atoms with Crippen molar-refractivity contribution in [1.82, 2.24) is 19.2 Å². The van der Waals surface area contributed by atoms with Crippen LogP contribution in [0.5, 0.6) is 0 Å². The van der Waals surface area contributed by atoms with Crippen LogP contribution < -0.4 is 15.4 Å². The molecule has 0 aromatic carbocycles. The fraction of sp³-hybridized carbons (Fsp3) is 0.478. The number of carbonyl (C=O) groups is 1. The molecule has 31 heavy (non-hydrogen) atoms. The molecule has 8 nitrogen and oxygen atoms in total. The van der Waals surface area contributed by atoms with Crippen molar-refractivity contribution in [2.24, 2.45) is 5.41 Å². The van der Waals surface area contributed by atoms with Gasteiger partial charge in [-0.3, -0.25) is 9.59 Å². The number of imidazole rings is 1. The van der Waals surface area contributed by atoms with Gasteiger partial charge in [0.05, 0.1) is 0 Å². The van der Waals surface area contributed by atoms with Crippen LogP contribution >= 0.6 is 0 Å². The molecule has 4 rings (SSSR count). The van der Waals surface area contributed by atoms with Crippen molar-refractivity contribution in [2.75, 3.05) is 37.0 Å². The average Bonchev–Trinajstić information content (AvgIpc) is 3.17. The van der Waals surface area contributed by atoms with Gasteiger partial charge in [0, 0.05) is 58.3 Å². The third-order valence-electron chi connectivity index (χ3n) is 6.06. The maximum Gasteiger partial charge on any atom is 0.290 e. The quantitative estimate of drug-likeness (QED) is 0.607. The minimum Gasteiger partial charge on any atom is -0.373 e. The molecule has 4 heterocycles. The van der Waals surface area contributed by atoms with Gasteiger partial charge in [-0.25, -0.2) is 9.67 Å². The highest BCUT2D eigenvalue weighted by atomic mass is 16.1. The molecule has 0 saturated carbocycles. The summed E-state index contributed by atoms with van der Waals surface area (Å²) in [6.07, 6.45) is 7.84. The van der Waals surface area contributed by atoms with Gasteiger partial charge in [0.2, 0.25) is 0 Å². The van der Waals surface area contributed by atoms with Gasteiger partial charge in [-0.2, -0.15) is 5.10 Å². The summed E-state index contributed by atoms with van der Waals surface area (Å²) in [5.74, 6) is 0.692. The van der Waals surface area contributed by atoms with E-state index in [1.807, 2.05) is 49.1 Å². The second-order valence-corrected chi connectivity index (χ2v) is 9.34. The molecule has 1 fully saturated rings. The molecule has 1 aliphatic heterocycles. The molecule has 3 aromatic rings. The van der Waals surface area contributed by atoms with Gasteiger partial charge in [0.25, 0.3) is 5.56 Å². The first-order chi connectivity index (χ1) is 14.7. The lowest BCUT2D eigenvalue weighted by Crippen LogP contribution is -2.40. The van der Waals surface area contributed by atoms with E-state index in [1.54, 1.807) is 11.1 Å². The molecule has 1 aliphatic rings. The molecule has 1 saturated heterocycles. The van der Waals surface area contributed by atoms with Crippen molar-refractivity contribution < 1.29 is 4.79 Å². The lowest BCUT2D eigenvalue weighted by molar-refractivity contribution is -0.119. The molecule has 0 unspecified atom stereocenters. The number of hydrogen-bond donors (Lipinski definition) is 0. The van der Waals surface area contributed by atoms with Crippen LogP contribution in [0.2, 0.25) is 0 Å². The SMILES string of the molecule is CN(C)c1cc(N2CCC(C)(C)CC2)nn(CC(=O)Cc2ccn3ccnc3c2)c1=O. The van der Waals surface area contributed by atoms with E-state index in [0.29, 0.717) is 11.1 Å². The second-order valence-electron chi connectivity index (χ2n) is 9.34. The Hall–Kier alpha value is -3.16. The van der Waals surface area contributed by atoms with Gasteiger partial charge >= 0.3 is 0 Å². The smallest absolute Gasteiger partial charge is 0.290 e. The minimum atomic E-state index is -0.247. The second kappa shape index (κ2) is 8.17. The fourth-order valence-corrected chi connectivity index (χ4v) is 3.95. The van der Waals surface area contributed by atoms with Crippen molar-refractivity contribution in [1.29, 1.82) is 0 Å². The van der Waals surface area contributed by atoms with Crippen LogP contribution in [0.1, 0.15) is 32.3 Å². The lowest BCUT2D eigenvalue weighted by atomic mass is 9.83. The molecule has 3 aromatic heterocycles. The zero-order chi connectivity index (χ0) is 22.2. The standard InChI is InChI=1S/C23H30N6O2/c1-23(2)6-10-28(11-7-23)21-15-19(26(3)4)22(31)29(25-21)16-18(30)13-17-5-9-27-12-8-24-20(27)14-17/h5,8-9,12,14-15H,6-7,10-11,13,16H2,1-4H3. The number of ketones is 1. The van der Waals surface area contributed by atoms with Crippen molar-refractivity contribution in [3.63, 3.8) is 0 Å². The van der Waals surface area contributed by atoms with Gasteiger partial charge in [-0.05, 0) is 36.0 Å². The number of hydrogen-bond acceptors (Lipinski definition) is 6. The van der Waals surface area contributed by atoms with Crippen molar-refractivity contribution in [3.8, 4) is 0 Å². The third-order valence-corrected chi connectivity index (χ3v) is 6.06. The summed E-state index contributed by atoms with van der Waals surface area (Å²) in [5.41, 5.74) is 2.29. The number of fused-ring (bicyclic) bond motifs is 1. The molecule has 0 N–H and O–H groups in total. The third kappa shape index (κ3) is 4.62. The first-order valence-corrected chi connectivity index (χ1v) is 10.7. The molecule has 0 atom stereocenters. The summed E-state index contributed by atoms with van der Waals surface area (Å²) in [6, 6.07) is 5.64. The Labute approximate surface area is 182 Å². The number of carbonyl (C=O) groups excluding carboxylic acids is 1. The Balaban J connectivity index is 1.56. The fourth-order valence-electron chi connectivity index (χ4n) is 3.95. The molecule has 0 spiro atoms. The van der Waals surface area contributed by atoms with E-state index in [4.69, 9.17) is 0 Å². The molecular formula is C23H30N6O2. The highest BCUT2D eigenvalue weighted by Gasteiger charge is 2.27. The summed E-state index contributed by atoms with van der Waals surface area (Å²) in [7, 11) is 3.68. The minimum absolute atomic E-state index is 0.0491. The number of Topliss-reactive ketones (excluding diaryl/α,β-unsaturated/α-hetero) is 1. The number of aromatic nitrogens is 4. The Kier molecular flexibility index (Phi) is 5.56. The Morgan fingerprint density at radius 1 is 1.16 bits per heavy atom. The van der Waals surface area contributed by atoms with Crippen molar-refractivity contribution in [3.05, 3.63) is 52.7 Å². The largest absolute Gasteiger partial charge is 0.373 e. The van der Waals surface area contributed by atoms with Gasteiger partial charge in [0.1, 0.15) is 17.9 Å². The summed E-state index contributed by atoms with van der Waals surface area (Å²) < 4.78 is 3.22. The monoisotopic (exact) mass is 422 g/mol. The van der Waals surface area contributed by atoms with Crippen LogP contribution in [-0.4, -0.2) is 52.1 Å². The van der Waals surface area contributed by atoms with Gasteiger partial charge in [0.15, 0.2) is 11.6 Å². The molecule has 8 heteroatoms. The maximum absolute atomic E-state index is 13.0. The Bertz CT molecular complexity index is 1150. The number of nitrogens with zero attached hydrogens (tertiary/aromatic N) is 6. The van der Waals surface area contributed by atoms with E-state index in [2.05, 4.69) is 28.8 Å². The van der Waals surface area contributed by atoms with Gasteiger partial charge in [-0.15, -0.1) is 0 Å².